The SMILES string of the molecule is COc1cccn(-c2c(C)cc(N3C[C@H](CCC(=O)c4ccc(Cl)s4)OC3=O)cc2C)c1=O. The smallest absolute Gasteiger partial charge is 0.414 e. The number of ketones is 1. The highest BCUT2D eigenvalue weighted by molar-refractivity contribution is 7.18. The fourth-order valence-electron chi connectivity index (χ4n) is 4.04. The molecule has 1 aliphatic heterocycles. The highest BCUT2D eigenvalue weighted by Gasteiger charge is 2.33. The molecule has 0 saturated carbocycles. The third kappa shape index (κ3) is 4.67. The molecule has 3 aromatic rings. The van der Waals surface area contributed by atoms with E-state index in [0.29, 0.717) is 27.9 Å². The van der Waals surface area contributed by atoms with Crippen LogP contribution < -0.4 is 15.2 Å². The lowest BCUT2D eigenvalue weighted by Crippen LogP contribution is -2.25. The fraction of sp³-hybridized carbons (Fsp3) is 0.292. The molecule has 4 rings (SSSR count). The molecule has 7 nitrogen and oxygen atoms in total. The van der Waals surface area contributed by atoms with Crippen LogP contribution in [0.3, 0.4) is 0 Å². The van der Waals surface area contributed by atoms with Gasteiger partial charge in [-0.15, -0.1) is 11.3 Å². The summed E-state index contributed by atoms with van der Waals surface area (Å²) in [5.74, 6) is 0.242. The maximum Gasteiger partial charge on any atom is 0.414 e. The van der Waals surface area contributed by atoms with E-state index in [0.717, 1.165) is 16.8 Å². The monoisotopic (exact) mass is 486 g/mol. The van der Waals surface area contributed by atoms with Crippen molar-refractivity contribution in [2.24, 2.45) is 0 Å². The second kappa shape index (κ2) is 9.41. The summed E-state index contributed by atoms with van der Waals surface area (Å²) in [4.78, 5) is 39.8. The number of benzene rings is 1. The van der Waals surface area contributed by atoms with Crippen molar-refractivity contribution >= 4 is 40.5 Å². The van der Waals surface area contributed by atoms with Gasteiger partial charge < -0.3 is 9.47 Å². The number of hydrogen-bond acceptors (Lipinski definition) is 6. The summed E-state index contributed by atoms with van der Waals surface area (Å²) in [7, 11) is 1.46. The Labute approximate surface area is 200 Å². The third-order valence-corrected chi connectivity index (χ3v) is 6.85. The van der Waals surface area contributed by atoms with Gasteiger partial charge in [0.25, 0.3) is 5.56 Å². The molecule has 1 fully saturated rings. The molecular formula is C24H23ClN2O5S. The first-order valence-electron chi connectivity index (χ1n) is 10.4. The van der Waals surface area contributed by atoms with Crippen molar-refractivity contribution in [3.63, 3.8) is 0 Å². The number of thiophene rings is 1. The summed E-state index contributed by atoms with van der Waals surface area (Å²) in [5, 5.41) is 0. The average Bonchev–Trinajstić information content (AvgIpc) is 3.38. The molecule has 3 heterocycles. The Hall–Kier alpha value is -3.10. The number of cyclic esters (lactones) is 1. The van der Waals surface area contributed by atoms with Crippen molar-refractivity contribution in [1.82, 2.24) is 4.57 Å². The van der Waals surface area contributed by atoms with E-state index in [4.69, 9.17) is 21.1 Å². The molecule has 9 heteroatoms. The normalized spacial score (nSPS) is 15.6. The first kappa shape index (κ1) is 23.1. The largest absolute Gasteiger partial charge is 0.491 e. The minimum absolute atomic E-state index is 0.0128. The Morgan fingerprint density at radius 2 is 1.94 bits per heavy atom. The molecule has 1 aromatic carbocycles. The lowest BCUT2D eigenvalue weighted by atomic mass is 10.1. The maximum absolute atomic E-state index is 12.7. The van der Waals surface area contributed by atoms with Crippen molar-refractivity contribution in [1.29, 1.82) is 0 Å². The molecule has 0 spiro atoms. The van der Waals surface area contributed by atoms with E-state index in [1.54, 1.807) is 39.9 Å². The number of hydrogen-bond donors (Lipinski definition) is 0. The Bertz CT molecular complexity index is 1260. The van der Waals surface area contributed by atoms with Crippen LogP contribution in [0.1, 0.15) is 33.6 Å². The summed E-state index contributed by atoms with van der Waals surface area (Å²) in [5.41, 5.74) is 2.85. The van der Waals surface area contributed by atoms with Crippen LogP contribution in [0.2, 0.25) is 4.34 Å². The van der Waals surface area contributed by atoms with Gasteiger partial charge in [-0.05, 0) is 67.8 Å². The lowest BCUT2D eigenvalue weighted by Gasteiger charge is -2.19. The molecule has 0 aliphatic carbocycles. The molecular weight excluding hydrogens is 464 g/mol. The van der Waals surface area contributed by atoms with Crippen molar-refractivity contribution in [3.8, 4) is 11.4 Å². The van der Waals surface area contributed by atoms with Crippen LogP contribution in [-0.4, -0.2) is 36.2 Å². The standard InChI is InChI=1S/C24H23ClN2O5S/c1-14-11-16(12-15(2)22(14)26-10-4-5-19(31-3)23(26)29)27-13-17(32-24(27)30)6-7-18(28)20-8-9-21(25)33-20/h4-5,8-12,17H,6-7,13H2,1-3H3/t17-/m0/s1. The van der Waals surface area contributed by atoms with E-state index in [-0.39, 0.29) is 29.6 Å². The van der Waals surface area contributed by atoms with E-state index in [2.05, 4.69) is 0 Å². The van der Waals surface area contributed by atoms with E-state index < -0.39 is 6.09 Å². The number of pyridine rings is 1. The Morgan fingerprint density at radius 1 is 1.21 bits per heavy atom. The first-order valence-corrected chi connectivity index (χ1v) is 11.6. The van der Waals surface area contributed by atoms with Gasteiger partial charge in [-0.3, -0.25) is 19.1 Å². The number of anilines is 1. The quantitative estimate of drug-likeness (QED) is 0.431. The molecule has 1 atom stereocenters. The number of nitrogens with zero attached hydrogens (tertiary/aromatic N) is 2. The van der Waals surface area contributed by atoms with Gasteiger partial charge in [0, 0.05) is 18.3 Å². The predicted octanol–water partition coefficient (Wildman–Crippen LogP) is 5.17. The molecule has 0 radical (unpaired) electrons. The molecule has 1 amide bonds. The summed E-state index contributed by atoms with van der Waals surface area (Å²) >= 11 is 7.15. The van der Waals surface area contributed by atoms with Gasteiger partial charge in [0.05, 0.1) is 28.6 Å². The fourth-order valence-corrected chi connectivity index (χ4v) is 5.05. The van der Waals surface area contributed by atoms with Crippen LogP contribution in [-0.2, 0) is 4.74 Å². The van der Waals surface area contributed by atoms with E-state index in [1.807, 2.05) is 26.0 Å². The van der Waals surface area contributed by atoms with Crippen LogP contribution in [0.4, 0.5) is 10.5 Å². The van der Waals surface area contributed by atoms with Gasteiger partial charge in [-0.2, -0.15) is 0 Å². The Morgan fingerprint density at radius 3 is 2.58 bits per heavy atom. The van der Waals surface area contributed by atoms with E-state index >= 15 is 0 Å². The van der Waals surface area contributed by atoms with Gasteiger partial charge in [0.2, 0.25) is 0 Å². The highest BCUT2D eigenvalue weighted by atomic mass is 35.5. The summed E-state index contributed by atoms with van der Waals surface area (Å²) in [6.07, 6.45) is 1.58. The zero-order valence-corrected chi connectivity index (χ0v) is 20.0. The second-order valence-corrected chi connectivity index (χ2v) is 9.58. The van der Waals surface area contributed by atoms with Crippen molar-refractivity contribution in [2.75, 3.05) is 18.6 Å². The number of aromatic nitrogens is 1. The highest BCUT2D eigenvalue weighted by Crippen LogP contribution is 2.30. The minimum Gasteiger partial charge on any atom is -0.491 e. The number of methoxy groups -OCH3 is 1. The predicted molar refractivity (Wildman–Crippen MR) is 129 cm³/mol. The van der Waals surface area contributed by atoms with Crippen molar-refractivity contribution < 1.29 is 19.1 Å². The van der Waals surface area contributed by atoms with Crippen LogP contribution in [0, 0.1) is 13.8 Å². The van der Waals surface area contributed by atoms with Crippen LogP contribution in [0.15, 0.2) is 47.4 Å². The molecule has 33 heavy (non-hydrogen) atoms. The molecule has 0 N–H and O–H groups in total. The maximum atomic E-state index is 12.7. The minimum atomic E-state index is -0.447. The summed E-state index contributed by atoms with van der Waals surface area (Å²) in [6, 6.07) is 10.5. The zero-order valence-electron chi connectivity index (χ0n) is 18.5. The zero-order chi connectivity index (χ0) is 23.7. The number of ether oxygens (including phenoxy) is 2. The molecule has 1 saturated heterocycles. The molecule has 172 valence electrons. The Balaban J connectivity index is 1.51. The molecule has 0 unspecified atom stereocenters. The Kier molecular flexibility index (Phi) is 6.58. The van der Waals surface area contributed by atoms with E-state index in [1.165, 1.54) is 18.4 Å². The van der Waals surface area contributed by atoms with Crippen LogP contribution in [0.25, 0.3) is 5.69 Å². The summed E-state index contributed by atoms with van der Waals surface area (Å²) < 4.78 is 12.8. The first-order chi connectivity index (χ1) is 15.8. The van der Waals surface area contributed by atoms with Gasteiger partial charge >= 0.3 is 6.09 Å². The average molecular weight is 487 g/mol. The van der Waals surface area contributed by atoms with Gasteiger partial charge in [-0.25, -0.2) is 4.79 Å². The number of carbonyl (C=O) groups is 2. The van der Waals surface area contributed by atoms with Crippen molar-refractivity contribution in [2.45, 2.75) is 32.8 Å². The van der Waals surface area contributed by atoms with Crippen molar-refractivity contribution in [3.05, 3.63) is 73.3 Å². The van der Waals surface area contributed by atoms with E-state index in [9.17, 15) is 14.4 Å². The third-order valence-electron chi connectivity index (χ3n) is 5.58. The molecule has 0 bridgehead atoms. The number of carbonyl (C=O) groups excluding carboxylic acids is 2. The van der Waals surface area contributed by atoms with Gasteiger partial charge in [-0.1, -0.05) is 11.6 Å². The number of Topliss-reactive ketones (excluding diaryl/α,β-unsaturated/α-hetero) is 1. The van der Waals surface area contributed by atoms with Gasteiger partial charge in [0.15, 0.2) is 11.5 Å². The topological polar surface area (TPSA) is 77.8 Å². The summed E-state index contributed by atoms with van der Waals surface area (Å²) in [6.45, 7) is 4.14. The van der Waals surface area contributed by atoms with Crippen LogP contribution >= 0.6 is 22.9 Å². The number of aryl methyl sites for hydroxylation is 2. The number of amides is 1. The number of halogens is 1. The molecule has 2 aromatic heterocycles. The molecule has 1 aliphatic rings. The lowest BCUT2D eigenvalue weighted by molar-refractivity contribution is 0.0943. The van der Waals surface area contributed by atoms with Gasteiger partial charge in [0.1, 0.15) is 6.10 Å². The number of rotatable bonds is 7. The van der Waals surface area contributed by atoms with Crippen LogP contribution in [0.5, 0.6) is 5.75 Å². The second-order valence-electron chi connectivity index (χ2n) is 7.86.